The number of aromatic amines is 1. The Morgan fingerprint density at radius 3 is 2.88 bits per heavy atom. The van der Waals surface area contributed by atoms with Crippen LogP contribution in [0.2, 0.25) is 5.02 Å². The van der Waals surface area contributed by atoms with Crippen molar-refractivity contribution in [3.63, 3.8) is 0 Å². The highest BCUT2D eigenvalue weighted by Gasteiger charge is 2.07. The summed E-state index contributed by atoms with van der Waals surface area (Å²) in [5.41, 5.74) is 1.32. The van der Waals surface area contributed by atoms with Gasteiger partial charge in [-0.15, -0.1) is 0 Å². The number of H-pyrrole nitrogens is 1. The monoisotopic (exact) mass is 358 g/mol. The second kappa shape index (κ2) is 7.53. The number of hydrogen-bond donors (Lipinski definition) is 2. The molecule has 0 spiro atoms. The molecule has 0 fully saturated rings. The van der Waals surface area contributed by atoms with Crippen LogP contribution < -0.4 is 15.6 Å². The second-order valence-electron chi connectivity index (χ2n) is 6.12. The molecule has 0 amide bonds. The fourth-order valence-electron chi connectivity index (χ4n) is 2.27. The van der Waals surface area contributed by atoms with Gasteiger partial charge in [0.15, 0.2) is 0 Å². The van der Waals surface area contributed by atoms with Crippen molar-refractivity contribution in [2.24, 2.45) is 5.92 Å². The average molecular weight is 359 g/mol. The molecule has 6 nitrogen and oxygen atoms in total. The molecule has 0 saturated heterocycles. The van der Waals surface area contributed by atoms with Gasteiger partial charge in [0, 0.05) is 12.7 Å². The Bertz CT molecular complexity index is 940. The van der Waals surface area contributed by atoms with E-state index in [0.29, 0.717) is 46.8 Å². The minimum absolute atomic E-state index is 0.179. The Labute approximate surface area is 150 Å². The number of hydrogen-bond acceptors (Lipinski definition) is 5. The molecule has 2 N–H and O–H groups in total. The summed E-state index contributed by atoms with van der Waals surface area (Å²) in [5.74, 6) is 1.23. The molecule has 0 bridgehead atoms. The molecule has 0 aliphatic rings. The van der Waals surface area contributed by atoms with Gasteiger partial charge in [0.25, 0.3) is 5.56 Å². The highest BCUT2D eigenvalue weighted by molar-refractivity contribution is 6.31. The van der Waals surface area contributed by atoms with Crippen LogP contribution in [0, 0.1) is 5.92 Å². The molecule has 0 aliphatic heterocycles. The van der Waals surface area contributed by atoms with E-state index in [0.717, 1.165) is 5.56 Å². The van der Waals surface area contributed by atoms with Gasteiger partial charge in [0.1, 0.15) is 5.02 Å². The van der Waals surface area contributed by atoms with Crippen molar-refractivity contribution in [3.8, 4) is 5.88 Å². The number of anilines is 1. The molecular formula is C18H19ClN4O2. The Morgan fingerprint density at radius 1 is 1.32 bits per heavy atom. The summed E-state index contributed by atoms with van der Waals surface area (Å²) < 4.78 is 5.56. The molecule has 25 heavy (non-hydrogen) atoms. The van der Waals surface area contributed by atoms with E-state index in [1.807, 2.05) is 12.1 Å². The van der Waals surface area contributed by atoms with Crippen LogP contribution in [0.5, 0.6) is 5.88 Å². The predicted molar refractivity (Wildman–Crippen MR) is 99.3 cm³/mol. The van der Waals surface area contributed by atoms with Crippen LogP contribution in [0.25, 0.3) is 10.9 Å². The molecule has 2 aromatic heterocycles. The first-order chi connectivity index (χ1) is 12.0. The second-order valence-corrected chi connectivity index (χ2v) is 6.53. The smallest absolute Gasteiger partial charge is 0.260 e. The van der Waals surface area contributed by atoms with Crippen molar-refractivity contribution in [1.82, 2.24) is 15.0 Å². The van der Waals surface area contributed by atoms with Crippen molar-refractivity contribution < 1.29 is 4.74 Å². The largest absolute Gasteiger partial charge is 0.476 e. The number of nitrogens with zero attached hydrogens (tertiary/aromatic N) is 2. The molecule has 0 atom stereocenters. The molecule has 130 valence electrons. The van der Waals surface area contributed by atoms with Gasteiger partial charge in [-0.05, 0) is 29.7 Å². The number of para-hydroxylation sites is 1. The van der Waals surface area contributed by atoms with E-state index in [4.69, 9.17) is 16.3 Å². The van der Waals surface area contributed by atoms with Crippen LogP contribution >= 0.6 is 11.6 Å². The van der Waals surface area contributed by atoms with Gasteiger partial charge < -0.3 is 10.1 Å². The summed E-state index contributed by atoms with van der Waals surface area (Å²) >= 11 is 6.21. The summed E-state index contributed by atoms with van der Waals surface area (Å²) in [5, 5.41) is 4.10. The molecule has 0 radical (unpaired) electrons. The van der Waals surface area contributed by atoms with E-state index in [1.54, 1.807) is 24.4 Å². The fraction of sp³-hybridized carbons (Fsp3) is 0.278. The van der Waals surface area contributed by atoms with Crippen LogP contribution in [-0.2, 0) is 6.54 Å². The zero-order valence-corrected chi connectivity index (χ0v) is 14.8. The fourth-order valence-corrected chi connectivity index (χ4v) is 2.51. The highest BCUT2D eigenvalue weighted by Crippen LogP contribution is 2.23. The Balaban J connectivity index is 1.71. The van der Waals surface area contributed by atoms with Gasteiger partial charge in [-0.2, -0.15) is 0 Å². The van der Waals surface area contributed by atoms with Crippen molar-refractivity contribution in [1.29, 1.82) is 0 Å². The lowest BCUT2D eigenvalue weighted by Gasteiger charge is -2.11. The Kier molecular flexibility index (Phi) is 5.19. The first kappa shape index (κ1) is 17.2. The maximum atomic E-state index is 12.1. The predicted octanol–water partition coefficient (Wildman–Crippen LogP) is 3.62. The van der Waals surface area contributed by atoms with Crippen molar-refractivity contribution in [2.75, 3.05) is 11.9 Å². The number of nitrogens with one attached hydrogen (secondary N) is 2. The number of ether oxygens (including phenoxy) is 1. The molecule has 0 saturated carbocycles. The van der Waals surface area contributed by atoms with Gasteiger partial charge in [0.05, 0.1) is 17.5 Å². The first-order valence-electron chi connectivity index (χ1n) is 8.03. The van der Waals surface area contributed by atoms with Crippen LogP contribution in [0.1, 0.15) is 19.4 Å². The summed E-state index contributed by atoms with van der Waals surface area (Å²) in [6.45, 7) is 5.11. The van der Waals surface area contributed by atoms with E-state index in [9.17, 15) is 4.79 Å². The van der Waals surface area contributed by atoms with E-state index < -0.39 is 0 Å². The highest BCUT2D eigenvalue weighted by atomic mass is 35.5. The normalized spacial score (nSPS) is 11.0. The number of benzene rings is 1. The van der Waals surface area contributed by atoms with E-state index >= 15 is 0 Å². The van der Waals surface area contributed by atoms with Crippen LogP contribution in [0.3, 0.4) is 0 Å². The molecule has 2 heterocycles. The maximum Gasteiger partial charge on any atom is 0.260 e. The standard InChI is InChI=1S/C18H19ClN4O2/c1-11(2)10-25-17-14(19)7-12(8-20-17)9-21-18-22-15-6-4-3-5-13(15)16(24)23-18/h3-8,11H,9-10H2,1-2H3,(H2,21,22,23,24). The van der Waals surface area contributed by atoms with Gasteiger partial charge in [0.2, 0.25) is 11.8 Å². The van der Waals surface area contributed by atoms with Gasteiger partial charge >= 0.3 is 0 Å². The van der Waals surface area contributed by atoms with E-state index in [-0.39, 0.29) is 5.56 Å². The summed E-state index contributed by atoms with van der Waals surface area (Å²) in [6.07, 6.45) is 1.69. The zero-order chi connectivity index (χ0) is 17.8. The minimum Gasteiger partial charge on any atom is -0.476 e. The lowest BCUT2D eigenvalue weighted by atomic mass is 10.2. The number of rotatable bonds is 6. The van der Waals surface area contributed by atoms with Crippen molar-refractivity contribution in [3.05, 3.63) is 57.5 Å². The third-order valence-corrected chi connectivity index (χ3v) is 3.76. The average Bonchev–Trinajstić information content (AvgIpc) is 2.59. The van der Waals surface area contributed by atoms with Gasteiger partial charge in [-0.25, -0.2) is 9.97 Å². The molecule has 7 heteroatoms. The number of halogens is 1. The third kappa shape index (κ3) is 4.28. The summed E-state index contributed by atoms with van der Waals surface area (Å²) in [6, 6.07) is 8.98. The zero-order valence-electron chi connectivity index (χ0n) is 14.0. The topological polar surface area (TPSA) is 79.9 Å². The molecule has 1 aromatic carbocycles. The molecule has 0 unspecified atom stereocenters. The third-order valence-electron chi connectivity index (χ3n) is 3.49. The van der Waals surface area contributed by atoms with Crippen LogP contribution in [-0.4, -0.2) is 21.6 Å². The van der Waals surface area contributed by atoms with E-state index in [1.165, 1.54) is 0 Å². The summed E-state index contributed by atoms with van der Waals surface area (Å²) in [4.78, 5) is 23.4. The van der Waals surface area contributed by atoms with Crippen LogP contribution in [0.4, 0.5) is 5.95 Å². The number of aromatic nitrogens is 3. The molecule has 0 aliphatic carbocycles. The maximum absolute atomic E-state index is 12.1. The Morgan fingerprint density at radius 2 is 2.12 bits per heavy atom. The molecule has 3 aromatic rings. The molecular weight excluding hydrogens is 340 g/mol. The van der Waals surface area contributed by atoms with Gasteiger partial charge in [-0.1, -0.05) is 37.6 Å². The Hall–Kier alpha value is -2.60. The van der Waals surface area contributed by atoms with E-state index in [2.05, 4.69) is 34.1 Å². The number of pyridine rings is 1. The minimum atomic E-state index is -0.179. The first-order valence-corrected chi connectivity index (χ1v) is 8.41. The molecule has 3 rings (SSSR count). The summed E-state index contributed by atoms with van der Waals surface area (Å²) in [7, 11) is 0. The lowest BCUT2D eigenvalue weighted by molar-refractivity contribution is 0.261. The quantitative estimate of drug-likeness (QED) is 0.703. The van der Waals surface area contributed by atoms with Crippen molar-refractivity contribution >= 4 is 28.5 Å². The SMILES string of the molecule is CC(C)COc1ncc(CNc2nc3ccccc3c(=O)[nH]2)cc1Cl. The van der Waals surface area contributed by atoms with Gasteiger partial charge in [-0.3, -0.25) is 9.78 Å². The lowest BCUT2D eigenvalue weighted by Crippen LogP contribution is -2.13. The van der Waals surface area contributed by atoms with Crippen LogP contribution in [0.15, 0.2) is 41.3 Å². The number of fused-ring (bicyclic) bond motifs is 1. The van der Waals surface area contributed by atoms with Crippen molar-refractivity contribution in [2.45, 2.75) is 20.4 Å².